The van der Waals surface area contributed by atoms with E-state index < -0.39 is 0 Å². The fourth-order valence-corrected chi connectivity index (χ4v) is 2.01. The van der Waals surface area contributed by atoms with Crippen LogP contribution in [0.1, 0.15) is 17.5 Å². The van der Waals surface area contributed by atoms with Crippen LogP contribution in [-0.4, -0.2) is 20.2 Å². The monoisotopic (exact) mass is 306 g/mol. The Morgan fingerprint density at radius 1 is 1.09 bits per heavy atom. The Morgan fingerprint density at radius 3 is 2.57 bits per heavy atom. The molecule has 0 unspecified atom stereocenters. The molecule has 0 aliphatic rings. The summed E-state index contributed by atoms with van der Waals surface area (Å²) in [6, 6.07) is 17.1. The summed E-state index contributed by atoms with van der Waals surface area (Å²) in [7, 11) is 2.97. The summed E-state index contributed by atoms with van der Waals surface area (Å²) in [5.41, 5.74) is 2.29. The fraction of sp³-hybridized carbons (Fsp3) is 0.150. The molecule has 0 aliphatic heterocycles. The van der Waals surface area contributed by atoms with E-state index in [1.807, 2.05) is 54.6 Å². The normalized spacial score (nSPS) is 10.4. The quantitative estimate of drug-likeness (QED) is 0.491. The molecule has 0 heterocycles. The van der Waals surface area contributed by atoms with Crippen LogP contribution >= 0.6 is 0 Å². The number of hydrogen-bond acceptors (Lipinski definition) is 3. The summed E-state index contributed by atoms with van der Waals surface area (Å²) in [4.78, 5) is 11.9. The number of esters is 1. The largest absolute Gasteiger partial charge is 0.497 e. The zero-order chi connectivity index (χ0) is 16.5. The molecule has 0 spiro atoms. The van der Waals surface area contributed by atoms with Crippen molar-refractivity contribution in [2.75, 3.05) is 14.2 Å². The molecule has 0 aliphatic carbocycles. The van der Waals surface area contributed by atoms with Crippen LogP contribution in [-0.2, 0) is 9.53 Å². The Balaban J connectivity index is 2.22. The van der Waals surface area contributed by atoms with E-state index in [2.05, 4.69) is 11.8 Å². The number of benzene rings is 2. The lowest BCUT2D eigenvalue weighted by molar-refractivity contribution is -0.136. The second-order valence-electron chi connectivity index (χ2n) is 4.78. The molecule has 3 heteroatoms. The average Bonchev–Trinajstić information content (AvgIpc) is 2.61. The van der Waals surface area contributed by atoms with Crippen LogP contribution in [0.4, 0.5) is 0 Å². The highest BCUT2D eigenvalue weighted by Gasteiger charge is 2.08. The van der Waals surface area contributed by atoms with E-state index >= 15 is 0 Å². The van der Waals surface area contributed by atoms with Crippen LogP contribution in [0.5, 0.6) is 5.75 Å². The zero-order valence-electron chi connectivity index (χ0n) is 13.2. The van der Waals surface area contributed by atoms with Gasteiger partial charge in [-0.15, -0.1) is 0 Å². The van der Waals surface area contributed by atoms with Gasteiger partial charge >= 0.3 is 5.97 Å². The van der Waals surface area contributed by atoms with Crippen molar-refractivity contribution in [2.45, 2.75) is 6.42 Å². The SMILES string of the molecule is COC(=O)/C(=C/c1cccc(OC)c1)CC#Cc1ccccc1. The highest BCUT2D eigenvalue weighted by atomic mass is 16.5. The first-order chi connectivity index (χ1) is 11.2. The van der Waals surface area contributed by atoms with Gasteiger partial charge in [-0.1, -0.05) is 42.2 Å². The smallest absolute Gasteiger partial charge is 0.334 e. The lowest BCUT2D eigenvalue weighted by Crippen LogP contribution is -2.04. The van der Waals surface area contributed by atoms with Gasteiger partial charge in [-0.25, -0.2) is 4.79 Å². The lowest BCUT2D eigenvalue weighted by atomic mass is 10.1. The molecule has 2 aromatic carbocycles. The topological polar surface area (TPSA) is 35.5 Å². The third kappa shape index (κ3) is 5.05. The van der Waals surface area contributed by atoms with E-state index in [1.165, 1.54) is 7.11 Å². The van der Waals surface area contributed by atoms with Gasteiger partial charge in [0.1, 0.15) is 5.75 Å². The van der Waals surface area contributed by atoms with Gasteiger partial charge in [0.25, 0.3) is 0 Å². The molecule has 3 nitrogen and oxygen atoms in total. The molecule has 23 heavy (non-hydrogen) atoms. The summed E-state index contributed by atoms with van der Waals surface area (Å²) in [6.07, 6.45) is 2.09. The maximum atomic E-state index is 11.9. The van der Waals surface area contributed by atoms with Crippen LogP contribution in [0.3, 0.4) is 0 Å². The van der Waals surface area contributed by atoms with Crippen molar-refractivity contribution in [1.82, 2.24) is 0 Å². The van der Waals surface area contributed by atoms with Crippen molar-refractivity contribution in [2.24, 2.45) is 0 Å². The standard InChI is InChI=1S/C20H18O3/c1-22-19-13-7-11-17(15-19)14-18(20(21)23-2)12-6-10-16-8-4-3-5-9-16/h3-5,7-9,11,13-15H,12H2,1-2H3/b18-14+. The van der Waals surface area contributed by atoms with Gasteiger partial charge < -0.3 is 9.47 Å². The number of rotatable bonds is 4. The summed E-state index contributed by atoms with van der Waals surface area (Å²) in [6.45, 7) is 0. The molecule has 0 saturated carbocycles. The molecule has 0 aromatic heterocycles. The summed E-state index contributed by atoms with van der Waals surface area (Å²) in [5.74, 6) is 6.41. The molecule has 0 bridgehead atoms. The summed E-state index contributed by atoms with van der Waals surface area (Å²) >= 11 is 0. The van der Waals surface area contributed by atoms with Gasteiger partial charge in [0, 0.05) is 17.6 Å². The van der Waals surface area contributed by atoms with Gasteiger partial charge in [-0.3, -0.25) is 0 Å². The predicted octanol–water partition coefficient (Wildman–Crippen LogP) is 3.69. The number of ether oxygens (including phenoxy) is 2. The minimum atomic E-state index is -0.379. The van der Waals surface area contributed by atoms with Crippen molar-refractivity contribution in [3.63, 3.8) is 0 Å². The molecule has 0 amide bonds. The Kier molecular flexibility index (Phi) is 6.02. The van der Waals surface area contributed by atoms with E-state index in [0.29, 0.717) is 12.0 Å². The van der Waals surface area contributed by atoms with Gasteiger partial charge in [0.15, 0.2) is 0 Å². The minimum absolute atomic E-state index is 0.318. The maximum absolute atomic E-state index is 11.9. The van der Waals surface area contributed by atoms with Crippen LogP contribution in [0, 0.1) is 11.8 Å². The van der Waals surface area contributed by atoms with E-state index in [1.54, 1.807) is 13.2 Å². The van der Waals surface area contributed by atoms with Crippen LogP contribution in [0.2, 0.25) is 0 Å². The first-order valence-corrected chi connectivity index (χ1v) is 7.20. The highest BCUT2D eigenvalue weighted by molar-refractivity contribution is 5.94. The third-order valence-electron chi connectivity index (χ3n) is 3.17. The van der Waals surface area contributed by atoms with Crippen LogP contribution in [0.15, 0.2) is 60.2 Å². The summed E-state index contributed by atoms with van der Waals surface area (Å²) < 4.78 is 10.0. The van der Waals surface area contributed by atoms with Crippen molar-refractivity contribution < 1.29 is 14.3 Å². The zero-order valence-corrected chi connectivity index (χ0v) is 13.2. The number of carbonyl (C=O) groups is 1. The Bertz CT molecular complexity index is 749. The first kappa shape index (κ1) is 16.4. The van der Waals surface area contributed by atoms with Gasteiger partial charge in [-0.05, 0) is 35.9 Å². The number of carbonyl (C=O) groups excluding carboxylic acids is 1. The molecule has 0 N–H and O–H groups in total. The fourth-order valence-electron chi connectivity index (χ4n) is 2.01. The average molecular weight is 306 g/mol. The maximum Gasteiger partial charge on any atom is 0.334 e. The molecular weight excluding hydrogens is 288 g/mol. The molecule has 0 fully saturated rings. The minimum Gasteiger partial charge on any atom is -0.497 e. The second kappa shape index (κ2) is 8.45. The van der Waals surface area contributed by atoms with E-state index in [0.717, 1.165) is 16.9 Å². The molecule has 2 rings (SSSR count). The van der Waals surface area contributed by atoms with Crippen molar-refractivity contribution in [1.29, 1.82) is 0 Å². The molecule has 0 saturated heterocycles. The lowest BCUT2D eigenvalue weighted by Gasteiger charge is -2.04. The Morgan fingerprint density at radius 2 is 1.87 bits per heavy atom. The Hall–Kier alpha value is -2.99. The Labute approximate surface area is 136 Å². The van der Waals surface area contributed by atoms with E-state index in [9.17, 15) is 4.79 Å². The molecule has 0 atom stereocenters. The predicted molar refractivity (Wildman–Crippen MR) is 90.9 cm³/mol. The van der Waals surface area contributed by atoms with Crippen LogP contribution < -0.4 is 4.74 Å². The number of methoxy groups -OCH3 is 2. The second-order valence-corrected chi connectivity index (χ2v) is 4.78. The van der Waals surface area contributed by atoms with Crippen LogP contribution in [0.25, 0.3) is 6.08 Å². The van der Waals surface area contributed by atoms with Crippen molar-refractivity contribution in [3.05, 3.63) is 71.3 Å². The van der Waals surface area contributed by atoms with Gasteiger partial charge in [0.05, 0.1) is 14.2 Å². The molecule has 0 radical (unpaired) electrons. The summed E-state index contributed by atoms with van der Waals surface area (Å²) in [5, 5.41) is 0. The van der Waals surface area contributed by atoms with Crippen molar-refractivity contribution >= 4 is 12.0 Å². The first-order valence-electron chi connectivity index (χ1n) is 7.20. The van der Waals surface area contributed by atoms with Crippen molar-refractivity contribution in [3.8, 4) is 17.6 Å². The number of hydrogen-bond donors (Lipinski definition) is 0. The molecular formula is C20H18O3. The molecule has 116 valence electrons. The van der Waals surface area contributed by atoms with E-state index in [-0.39, 0.29) is 5.97 Å². The van der Waals surface area contributed by atoms with Gasteiger partial charge in [-0.2, -0.15) is 0 Å². The molecule has 2 aromatic rings. The third-order valence-corrected chi connectivity index (χ3v) is 3.17. The van der Waals surface area contributed by atoms with Gasteiger partial charge in [0.2, 0.25) is 0 Å². The van der Waals surface area contributed by atoms with E-state index in [4.69, 9.17) is 9.47 Å². The highest BCUT2D eigenvalue weighted by Crippen LogP contribution is 2.17.